The van der Waals surface area contributed by atoms with Crippen LogP contribution in [-0.4, -0.2) is 4.92 Å². The Morgan fingerprint density at radius 3 is 2.78 bits per heavy atom. The van der Waals surface area contributed by atoms with Crippen LogP contribution in [0.5, 0.6) is 0 Å². The van der Waals surface area contributed by atoms with Gasteiger partial charge in [-0.15, -0.1) is 0 Å². The van der Waals surface area contributed by atoms with Crippen molar-refractivity contribution in [3.63, 3.8) is 0 Å². The van der Waals surface area contributed by atoms with Crippen molar-refractivity contribution in [2.24, 2.45) is 5.92 Å². The molecule has 0 unspecified atom stereocenters. The largest absolute Gasteiger partial charge is 0.378 e. The molecule has 0 bridgehead atoms. The minimum absolute atomic E-state index is 0.0794. The summed E-state index contributed by atoms with van der Waals surface area (Å²) < 4.78 is 14.2. The number of nitrogens with one attached hydrogen (secondary N) is 1. The fraction of sp³-hybridized carbons (Fsp3) is 0.222. The van der Waals surface area contributed by atoms with Crippen LogP contribution in [0.4, 0.5) is 15.8 Å². The Balaban J connectivity index is 1.81. The van der Waals surface area contributed by atoms with Gasteiger partial charge in [0.15, 0.2) is 0 Å². The fourth-order valence-electron chi connectivity index (χ4n) is 3.73. The molecule has 0 spiro atoms. The Morgan fingerprint density at radius 2 is 2.00 bits per heavy atom. The van der Waals surface area contributed by atoms with Gasteiger partial charge in [-0.2, -0.15) is 0 Å². The van der Waals surface area contributed by atoms with Crippen LogP contribution in [0.2, 0.25) is 0 Å². The molecule has 3 atom stereocenters. The van der Waals surface area contributed by atoms with Crippen molar-refractivity contribution < 1.29 is 9.31 Å². The van der Waals surface area contributed by atoms with E-state index < -0.39 is 0 Å². The molecule has 4 nitrogen and oxygen atoms in total. The van der Waals surface area contributed by atoms with E-state index in [4.69, 9.17) is 0 Å². The van der Waals surface area contributed by atoms with E-state index in [0.717, 1.165) is 17.7 Å². The molecule has 0 aromatic heterocycles. The maximum Gasteiger partial charge on any atom is 0.269 e. The highest BCUT2D eigenvalue weighted by Crippen LogP contribution is 2.50. The van der Waals surface area contributed by atoms with Crippen molar-refractivity contribution in [1.82, 2.24) is 0 Å². The molecular weight excluding hydrogens is 295 g/mol. The summed E-state index contributed by atoms with van der Waals surface area (Å²) in [5, 5.41) is 14.4. The topological polar surface area (TPSA) is 55.2 Å². The third-order valence-electron chi connectivity index (χ3n) is 4.80. The first-order valence-electron chi connectivity index (χ1n) is 7.61. The van der Waals surface area contributed by atoms with Crippen molar-refractivity contribution in [2.45, 2.75) is 18.4 Å². The second-order valence-electron chi connectivity index (χ2n) is 6.03. The van der Waals surface area contributed by atoms with Crippen molar-refractivity contribution >= 4 is 11.4 Å². The van der Waals surface area contributed by atoms with E-state index in [9.17, 15) is 14.5 Å². The summed E-state index contributed by atoms with van der Waals surface area (Å²) in [4.78, 5) is 10.6. The van der Waals surface area contributed by atoms with Gasteiger partial charge in [0.1, 0.15) is 5.82 Å². The van der Waals surface area contributed by atoms with Gasteiger partial charge in [0, 0.05) is 29.3 Å². The van der Waals surface area contributed by atoms with Gasteiger partial charge in [0.25, 0.3) is 5.69 Å². The molecule has 1 heterocycles. The van der Waals surface area contributed by atoms with E-state index in [1.807, 2.05) is 6.07 Å². The summed E-state index contributed by atoms with van der Waals surface area (Å²) in [6.45, 7) is 0. The van der Waals surface area contributed by atoms with Crippen molar-refractivity contribution in [2.75, 3.05) is 5.32 Å². The van der Waals surface area contributed by atoms with Gasteiger partial charge >= 0.3 is 0 Å². The van der Waals surface area contributed by atoms with Crippen LogP contribution in [0.25, 0.3) is 0 Å². The molecule has 0 amide bonds. The number of nitrogens with zero attached hydrogens (tertiary/aromatic N) is 1. The molecule has 1 aliphatic carbocycles. The lowest BCUT2D eigenvalue weighted by Crippen LogP contribution is -2.29. The first-order valence-corrected chi connectivity index (χ1v) is 7.61. The normalized spacial score (nSPS) is 24.7. The Bertz CT molecular complexity index is 818. The molecule has 0 fully saturated rings. The van der Waals surface area contributed by atoms with Gasteiger partial charge in [-0.3, -0.25) is 10.1 Å². The lowest BCUT2D eigenvalue weighted by molar-refractivity contribution is -0.384. The van der Waals surface area contributed by atoms with Gasteiger partial charge in [-0.05, 0) is 30.0 Å². The number of rotatable bonds is 2. The maximum absolute atomic E-state index is 14.2. The number of fused-ring (bicyclic) bond motifs is 3. The van der Waals surface area contributed by atoms with Gasteiger partial charge in [-0.1, -0.05) is 30.4 Å². The summed E-state index contributed by atoms with van der Waals surface area (Å²) in [5.74, 6) is 0.0261. The van der Waals surface area contributed by atoms with Gasteiger partial charge < -0.3 is 5.32 Å². The zero-order valence-electron chi connectivity index (χ0n) is 12.3. The number of nitro groups is 1. The average molecular weight is 310 g/mol. The van der Waals surface area contributed by atoms with E-state index in [1.54, 1.807) is 24.3 Å². The Hall–Kier alpha value is -2.69. The minimum Gasteiger partial charge on any atom is -0.378 e. The summed E-state index contributed by atoms with van der Waals surface area (Å²) in [6, 6.07) is 11.5. The lowest BCUT2D eigenvalue weighted by Gasteiger charge is -2.37. The Kier molecular flexibility index (Phi) is 3.15. The highest BCUT2D eigenvalue weighted by molar-refractivity contribution is 5.62. The minimum atomic E-state index is -0.378. The first kappa shape index (κ1) is 13.9. The molecule has 23 heavy (non-hydrogen) atoms. The van der Waals surface area contributed by atoms with Crippen LogP contribution in [0, 0.1) is 21.8 Å². The van der Waals surface area contributed by atoms with Gasteiger partial charge in [0.2, 0.25) is 0 Å². The number of halogens is 1. The third-order valence-corrected chi connectivity index (χ3v) is 4.80. The molecule has 2 aromatic carbocycles. The number of benzene rings is 2. The second kappa shape index (κ2) is 5.19. The standard InChI is InChI=1S/C18H15FN2O2/c19-16-7-2-1-4-14(16)18-13-6-3-5-12(13)15-10-11(21(22)23)8-9-17(15)20-18/h1-5,7-10,12-13,18,20H,6H2/t12-,13-,18-/m1/s1. The molecule has 5 heteroatoms. The molecule has 0 saturated heterocycles. The molecule has 4 rings (SSSR count). The van der Waals surface area contributed by atoms with Crippen molar-refractivity contribution in [3.05, 3.63) is 81.7 Å². The van der Waals surface area contributed by atoms with Crippen molar-refractivity contribution in [3.8, 4) is 0 Å². The number of hydrogen-bond acceptors (Lipinski definition) is 3. The summed E-state index contributed by atoms with van der Waals surface area (Å²) in [7, 11) is 0. The van der Waals surface area contributed by atoms with E-state index >= 15 is 0 Å². The smallest absolute Gasteiger partial charge is 0.269 e. The number of allylic oxidation sites excluding steroid dienone is 2. The van der Waals surface area contributed by atoms with Crippen molar-refractivity contribution in [1.29, 1.82) is 0 Å². The average Bonchev–Trinajstić information content (AvgIpc) is 3.04. The van der Waals surface area contributed by atoms with E-state index in [1.165, 1.54) is 12.1 Å². The number of hydrogen-bond donors (Lipinski definition) is 1. The summed E-state index contributed by atoms with van der Waals surface area (Å²) in [5.41, 5.74) is 2.51. The second-order valence-corrected chi connectivity index (χ2v) is 6.03. The van der Waals surface area contributed by atoms with E-state index in [2.05, 4.69) is 17.5 Å². The van der Waals surface area contributed by atoms with Crippen LogP contribution < -0.4 is 5.32 Å². The zero-order chi connectivity index (χ0) is 16.0. The first-order chi connectivity index (χ1) is 11.1. The monoisotopic (exact) mass is 310 g/mol. The van der Waals surface area contributed by atoms with Crippen LogP contribution in [-0.2, 0) is 0 Å². The fourth-order valence-corrected chi connectivity index (χ4v) is 3.73. The van der Waals surface area contributed by atoms with Crippen LogP contribution in [0.15, 0.2) is 54.6 Å². The number of anilines is 1. The molecule has 0 radical (unpaired) electrons. The third kappa shape index (κ3) is 2.20. The highest BCUT2D eigenvalue weighted by atomic mass is 19.1. The van der Waals surface area contributed by atoms with E-state index in [0.29, 0.717) is 5.56 Å². The van der Waals surface area contributed by atoms with E-state index in [-0.39, 0.29) is 34.3 Å². The molecular formula is C18H15FN2O2. The van der Waals surface area contributed by atoms with Crippen LogP contribution in [0.3, 0.4) is 0 Å². The highest BCUT2D eigenvalue weighted by Gasteiger charge is 2.39. The molecule has 1 N–H and O–H groups in total. The molecule has 2 aliphatic rings. The lowest BCUT2D eigenvalue weighted by atomic mass is 9.77. The predicted octanol–water partition coefficient (Wildman–Crippen LogP) is 4.56. The van der Waals surface area contributed by atoms with Crippen LogP contribution in [0.1, 0.15) is 29.5 Å². The maximum atomic E-state index is 14.2. The number of non-ortho nitro benzene ring substituents is 1. The SMILES string of the molecule is O=[N+]([O-])c1ccc2c(c1)[C@@H]1C=CC[C@H]1[C@H](c1ccccc1F)N2. The molecule has 1 aliphatic heterocycles. The molecule has 0 saturated carbocycles. The zero-order valence-corrected chi connectivity index (χ0v) is 12.3. The predicted molar refractivity (Wildman–Crippen MR) is 85.8 cm³/mol. The molecule has 116 valence electrons. The quantitative estimate of drug-likeness (QED) is 0.502. The number of nitro benzene ring substituents is 1. The van der Waals surface area contributed by atoms with Gasteiger partial charge in [0.05, 0.1) is 11.0 Å². The Labute approximate surface area is 132 Å². The molecule has 2 aromatic rings. The summed E-state index contributed by atoms with van der Waals surface area (Å²) in [6.07, 6.45) is 5.00. The summed E-state index contributed by atoms with van der Waals surface area (Å²) >= 11 is 0. The Morgan fingerprint density at radius 1 is 1.17 bits per heavy atom. The van der Waals surface area contributed by atoms with Crippen LogP contribution >= 0.6 is 0 Å². The van der Waals surface area contributed by atoms with Gasteiger partial charge in [-0.25, -0.2) is 4.39 Å².